The molecule has 5 nitrogen and oxygen atoms in total. The average molecular weight is 402 g/mol. The highest BCUT2D eigenvalue weighted by atomic mass is 35.5. The van der Waals surface area contributed by atoms with Gasteiger partial charge in [0, 0.05) is 15.6 Å². The van der Waals surface area contributed by atoms with Crippen LogP contribution >= 0.6 is 22.9 Å². The number of nitrogens with zero attached hydrogens (tertiary/aromatic N) is 2. The van der Waals surface area contributed by atoms with Crippen molar-refractivity contribution in [3.05, 3.63) is 55.9 Å². The molecule has 1 aliphatic rings. The number of anilines is 1. The number of hydrogen-bond donors (Lipinski definition) is 1. The van der Waals surface area contributed by atoms with E-state index < -0.39 is 0 Å². The first-order chi connectivity index (χ1) is 12.9. The van der Waals surface area contributed by atoms with Crippen molar-refractivity contribution in [3.63, 3.8) is 0 Å². The van der Waals surface area contributed by atoms with E-state index in [1.165, 1.54) is 15.8 Å². The summed E-state index contributed by atoms with van der Waals surface area (Å²) in [4.78, 5) is 31.9. The monoisotopic (exact) mass is 401 g/mol. The van der Waals surface area contributed by atoms with Crippen LogP contribution in [0.2, 0.25) is 5.02 Å². The predicted octanol–water partition coefficient (Wildman–Crippen LogP) is 4.18. The summed E-state index contributed by atoms with van der Waals surface area (Å²) in [7, 11) is 0. The summed E-state index contributed by atoms with van der Waals surface area (Å²) >= 11 is 7.71. The third-order valence-electron chi connectivity index (χ3n) is 5.14. The van der Waals surface area contributed by atoms with Gasteiger partial charge >= 0.3 is 0 Å². The summed E-state index contributed by atoms with van der Waals surface area (Å²) in [5.74, 6) is 0.362. The summed E-state index contributed by atoms with van der Waals surface area (Å²) in [5.41, 5.74) is 2.45. The molecule has 1 N–H and O–H groups in total. The first kappa shape index (κ1) is 18.2. The number of halogens is 1. The van der Waals surface area contributed by atoms with E-state index in [4.69, 9.17) is 11.6 Å². The lowest BCUT2D eigenvalue weighted by molar-refractivity contribution is -0.116. The highest BCUT2D eigenvalue weighted by Gasteiger charge is 2.23. The lowest BCUT2D eigenvalue weighted by Crippen LogP contribution is -2.28. The van der Waals surface area contributed by atoms with E-state index in [0.29, 0.717) is 22.0 Å². The van der Waals surface area contributed by atoms with E-state index in [-0.39, 0.29) is 18.0 Å². The van der Waals surface area contributed by atoms with E-state index in [0.717, 1.165) is 35.2 Å². The van der Waals surface area contributed by atoms with E-state index in [1.807, 2.05) is 6.92 Å². The molecular weight excluding hydrogens is 382 g/mol. The van der Waals surface area contributed by atoms with Crippen molar-refractivity contribution in [3.8, 4) is 0 Å². The average Bonchev–Trinajstić information content (AvgIpc) is 2.99. The van der Waals surface area contributed by atoms with E-state index in [9.17, 15) is 9.59 Å². The minimum Gasteiger partial charge on any atom is -0.324 e. The molecule has 1 atom stereocenters. The van der Waals surface area contributed by atoms with Crippen molar-refractivity contribution in [2.45, 2.75) is 39.7 Å². The summed E-state index contributed by atoms with van der Waals surface area (Å²) < 4.78 is 1.39. The van der Waals surface area contributed by atoms with Crippen LogP contribution in [0.15, 0.2) is 29.3 Å². The molecule has 0 saturated carbocycles. The zero-order valence-corrected chi connectivity index (χ0v) is 16.8. The molecular formula is C20H20ClN3O2S. The van der Waals surface area contributed by atoms with Crippen LogP contribution < -0.4 is 10.9 Å². The third kappa shape index (κ3) is 3.39. The molecule has 0 spiro atoms. The van der Waals surface area contributed by atoms with Gasteiger partial charge in [0.05, 0.1) is 11.7 Å². The molecule has 0 saturated heterocycles. The second-order valence-corrected chi connectivity index (χ2v) is 8.66. The first-order valence-corrected chi connectivity index (χ1v) is 10.2. The minimum atomic E-state index is -0.277. The van der Waals surface area contributed by atoms with Crippen LogP contribution in [0, 0.1) is 12.8 Å². The summed E-state index contributed by atoms with van der Waals surface area (Å²) in [6.45, 7) is 4.01. The standard InChI is InChI=1S/C20H20ClN3O2S/c1-11-6-7-13-16(8-11)27-19-18(13)20(26)24(10-22-19)9-17(25)23-15-5-3-4-14(21)12(15)2/h3-5,10-11H,6-9H2,1-2H3,(H,23,25)/t11-/m1/s1. The van der Waals surface area contributed by atoms with Crippen LogP contribution in [0.5, 0.6) is 0 Å². The maximum atomic E-state index is 13.0. The number of carbonyl (C=O) groups excluding carboxylic acids is 1. The second-order valence-electron chi connectivity index (χ2n) is 7.17. The lowest BCUT2D eigenvalue weighted by Gasteiger charge is -2.17. The van der Waals surface area contributed by atoms with E-state index >= 15 is 0 Å². The Morgan fingerprint density at radius 2 is 2.26 bits per heavy atom. The molecule has 1 amide bonds. The lowest BCUT2D eigenvalue weighted by atomic mass is 9.89. The van der Waals surface area contributed by atoms with Gasteiger partial charge < -0.3 is 5.32 Å². The quantitative estimate of drug-likeness (QED) is 0.715. The Kier molecular flexibility index (Phi) is 4.78. The molecule has 27 heavy (non-hydrogen) atoms. The third-order valence-corrected chi connectivity index (χ3v) is 6.71. The Morgan fingerprint density at radius 3 is 3.07 bits per heavy atom. The Labute approximate surface area is 166 Å². The molecule has 7 heteroatoms. The van der Waals surface area contributed by atoms with Crippen LogP contribution in [0.1, 0.15) is 29.3 Å². The maximum absolute atomic E-state index is 13.0. The van der Waals surface area contributed by atoms with Crippen LogP contribution in [0.4, 0.5) is 5.69 Å². The highest BCUT2D eigenvalue weighted by Crippen LogP contribution is 2.35. The van der Waals surface area contributed by atoms with Gasteiger partial charge in [-0.1, -0.05) is 24.6 Å². The molecule has 2 aromatic heterocycles. The number of fused-ring (bicyclic) bond motifs is 3. The van der Waals surface area contributed by atoms with Crippen molar-refractivity contribution in [1.82, 2.24) is 9.55 Å². The SMILES string of the molecule is Cc1c(Cl)cccc1NC(=O)Cn1cnc2sc3c(c2c1=O)CC[C@@H](C)C3. The number of thiophene rings is 1. The van der Waals surface area contributed by atoms with Crippen molar-refractivity contribution < 1.29 is 4.79 Å². The van der Waals surface area contributed by atoms with E-state index in [1.54, 1.807) is 29.5 Å². The van der Waals surface area contributed by atoms with Gasteiger partial charge in [-0.2, -0.15) is 0 Å². The number of aryl methyl sites for hydroxylation is 1. The largest absolute Gasteiger partial charge is 0.324 e. The van der Waals surface area contributed by atoms with Gasteiger partial charge in [0.1, 0.15) is 11.4 Å². The van der Waals surface area contributed by atoms with Crippen LogP contribution in [0.25, 0.3) is 10.2 Å². The summed E-state index contributed by atoms with van der Waals surface area (Å²) in [6, 6.07) is 5.35. The minimum absolute atomic E-state index is 0.0747. The van der Waals surface area contributed by atoms with Crippen LogP contribution in [-0.4, -0.2) is 15.5 Å². The Hall–Kier alpha value is -2.18. The van der Waals surface area contributed by atoms with Crippen molar-refractivity contribution in [2.75, 3.05) is 5.32 Å². The molecule has 1 aromatic carbocycles. The number of benzene rings is 1. The Balaban J connectivity index is 1.62. The van der Waals surface area contributed by atoms with Gasteiger partial charge in [-0.05, 0) is 55.4 Å². The highest BCUT2D eigenvalue weighted by molar-refractivity contribution is 7.18. The molecule has 2 heterocycles. The van der Waals surface area contributed by atoms with Gasteiger partial charge in [0.25, 0.3) is 5.56 Å². The van der Waals surface area contributed by atoms with Gasteiger partial charge in [-0.25, -0.2) is 4.98 Å². The number of hydrogen-bond acceptors (Lipinski definition) is 4. The molecule has 0 fully saturated rings. The Morgan fingerprint density at radius 1 is 1.44 bits per heavy atom. The molecule has 0 bridgehead atoms. The van der Waals surface area contributed by atoms with Crippen LogP contribution in [0.3, 0.4) is 0 Å². The van der Waals surface area contributed by atoms with Gasteiger partial charge in [0.15, 0.2) is 0 Å². The zero-order valence-electron chi connectivity index (χ0n) is 15.2. The van der Waals surface area contributed by atoms with Gasteiger partial charge in [-0.15, -0.1) is 11.3 Å². The Bertz CT molecular complexity index is 1100. The maximum Gasteiger partial charge on any atom is 0.262 e. The van der Waals surface area contributed by atoms with Crippen LogP contribution in [-0.2, 0) is 24.2 Å². The summed E-state index contributed by atoms with van der Waals surface area (Å²) in [5, 5.41) is 4.11. The topological polar surface area (TPSA) is 64.0 Å². The molecule has 3 aromatic rings. The smallest absolute Gasteiger partial charge is 0.262 e. The normalized spacial score (nSPS) is 16.3. The fourth-order valence-electron chi connectivity index (χ4n) is 3.57. The summed E-state index contributed by atoms with van der Waals surface area (Å²) in [6.07, 6.45) is 4.47. The van der Waals surface area contributed by atoms with Crippen molar-refractivity contribution in [2.24, 2.45) is 5.92 Å². The molecule has 140 valence electrons. The molecule has 4 rings (SSSR count). The zero-order chi connectivity index (χ0) is 19.1. The number of amides is 1. The number of carbonyl (C=O) groups is 1. The molecule has 0 aliphatic heterocycles. The fourth-order valence-corrected chi connectivity index (χ4v) is 5.08. The first-order valence-electron chi connectivity index (χ1n) is 8.98. The predicted molar refractivity (Wildman–Crippen MR) is 110 cm³/mol. The second kappa shape index (κ2) is 7.09. The number of nitrogens with one attached hydrogen (secondary N) is 1. The van der Waals surface area contributed by atoms with E-state index in [2.05, 4.69) is 17.2 Å². The number of rotatable bonds is 3. The molecule has 0 radical (unpaired) electrons. The van der Waals surface area contributed by atoms with Crippen molar-refractivity contribution in [1.29, 1.82) is 0 Å². The molecule has 1 aliphatic carbocycles. The van der Waals surface area contributed by atoms with Crippen molar-refractivity contribution >= 4 is 44.7 Å². The fraction of sp³-hybridized carbons (Fsp3) is 0.350. The van der Waals surface area contributed by atoms with Gasteiger partial charge in [-0.3, -0.25) is 14.2 Å². The molecule has 0 unspecified atom stereocenters. The number of aromatic nitrogens is 2. The van der Waals surface area contributed by atoms with Gasteiger partial charge in [0.2, 0.25) is 5.91 Å².